The van der Waals surface area contributed by atoms with Gasteiger partial charge in [-0.25, -0.2) is 0 Å². The zero-order valence-electron chi connectivity index (χ0n) is 17.3. The highest BCUT2D eigenvalue weighted by molar-refractivity contribution is 6.33. The highest BCUT2D eigenvalue weighted by Gasteiger charge is 2.63. The van der Waals surface area contributed by atoms with Crippen LogP contribution in [0.2, 0.25) is 5.02 Å². The van der Waals surface area contributed by atoms with Crippen molar-refractivity contribution in [3.63, 3.8) is 0 Å². The van der Waals surface area contributed by atoms with Crippen molar-refractivity contribution >= 4 is 35.0 Å². The first-order valence-corrected chi connectivity index (χ1v) is 10.5. The Bertz CT molecular complexity index is 1300. The van der Waals surface area contributed by atoms with Crippen LogP contribution < -0.4 is 4.90 Å². The van der Waals surface area contributed by atoms with E-state index in [9.17, 15) is 24.5 Å². The van der Waals surface area contributed by atoms with E-state index in [-0.39, 0.29) is 16.1 Å². The third kappa shape index (κ3) is 2.69. The summed E-state index contributed by atoms with van der Waals surface area (Å²) in [4.78, 5) is 54.2. The summed E-state index contributed by atoms with van der Waals surface area (Å²) in [5.74, 6) is -1.92. The first-order chi connectivity index (χ1) is 15.8. The van der Waals surface area contributed by atoms with E-state index in [0.29, 0.717) is 11.3 Å². The number of carbonyl (C=O) groups is 3. The lowest BCUT2D eigenvalue weighted by molar-refractivity contribution is -0.487. The van der Waals surface area contributed by atoms with Gasteiger partial charge < -0.3 is 9.47 Å². The summed E-state index contributed by atoms with van der Waals surface area (Å²) in [6.45, 7) is -0.853. The van der Waals surface area contributed by atoms with E-state index >= 15 is 0 Å². The molecule has 3 heterocycles. The number of amides is 3. The molecule has 0 spiro atoms. The van der Waals surface area contributed by atoms with Gasteiger partial charge in [0, 0.05) is 35.0 Å². The number of anilines is 1. The quantitative estimate of drug-likeness (QED) is 0.328. The molecule has 3 amide bonds. The molecule has 0 N–H and O–H groups in total. The van der Waals surface area contributed by atoms with Crippen molar-refractivity contribution in [2.24, 2.45) is 0 Å². The molecule has 0 saturated heterocycles. The van der Waals surface area contributed by atoms with Crippen LogP contribution in [-0.2, 0) is 10.3 Å². The van der Waals surface area contributed by atoms with Crippen molar-refractivity contribution in [2.45, 2.75) is 11.6 Å². The van der Waals surface area contributed by atoms with Gasteiger partial charge in [-0.1, -0.05) is 29.8 Å². The summed E-state index contributed by atoms with van der Waals surface area (Å²) in [6, 6.07) is 13.0. The number of halogens is 1. The van der Waals surface area contributed by atoms with Crippen molar-refractivity contribution < 1.29 is 19.3 Å². The average Bonchev–Trinajstić information content (AvgIpc) is 3.46. The number of benzene rings is 2. The Balaban J connectivity index is 1.83. The van der Waals surface area contributed by atoms with Gasteiger partial charge in [0.1, 0.15) is 6.04 Å². The minimum absolute atomic E-state index is 0.136. The van der Waals surface area contributed by atoms with Crippen molar-refractivity contribution in [2.75, 3.05) is 18.5 Å². The Kier molecular flexibility index (Phi) is 4.61. The van der Waals surface area contributed by atoms with Gasteiger partial charge in [-0.3, -0.25) is 29.4 Å². The van der Waals surface area contributed by atoms with Gasteiger partial charge in [-0.2, -0.15) is 0 Å². The van der Waals surface area contributed by atoms with Crippen molar-refractivity contribution in [1.82, 2.24) is 9.47 Å². The van der Waals surface area contributed by atoms with Crippen LogP contribution in [0.15, 0.2) is 67.0 Å². The summed E-state index contributed by atoms with van der Waals surface area (Å²) in [6.07, 6.45) is 3.16. The second-order valence-electron chi connectivity index (χ2n) is 7.91. The molecule has 166 valence electrons. The molecule has 0 aliphatic carbocycles. The molecule has 2 aliphatic heterocycles. The maximum absolute atomic E-state index is 14.0. The number of rotatable bonds is 5. The van der Waals surface area contributed by atoms with Crippen LogP contribution in [0.4, 0.5) is 5.69 Å². The normalized spacial score (nSPS) is 20.2. The topological polar surface area (TPSA) is 106 Å². The lowest BCUT2D eigenvalue weighted by Crippen LogP contribution is -2.63. The van der Waals surface area contributed by atoms with Gasteiger partial charge in [-0.15, -0.1) is 0 Å². The Hall–Kier alpha value is -3.98. The summed E-state index contributed by atoms with van der Waals surface area (Å²) < 4.78 is 1.50. The zero-order valence-corrected chi connectivity index (χ0v) is 18.1. The maximum atomic E-state index is 14.0. The van der Waals surface area contributed by atoms with Crippen molar-refractivity contribution in [3.8, 4) is 0 Å². The SMILES string of the molecule is CN1C(=O)[C@]([C@@H](C[N+](=O)[O-])N2C(=O)c3ccccc3C2=O)(n2cccc2)c2c(Cl)cccc21. The number of aromatic nitrogens is 1. The van der Waals surface area contributed by atoms with Gasteiger partial charge in [0.2, 0.25) is 6.54 Å². The molecular formula is C23H17ClN4O5. The average molecular weight is 465 g/mol. The Morgan fingerprint density at radius 2 is 1.58 bits per heavy atom. The third-order valence-corrected chi connectivity index (χ3v) is 6.63. The van der Waals surface area contributed by atoms with E-state index in [0.717, 1.165) is 4.90 Å². The second kappa shape index (κ2) is 7.28. The molecule has 2 aromatic carbocycles. The van der Waals surface area contributed by atoms with E-state index in [2.05, 4.69) is 0 Å². The molecular weight excluding hydrogens is 448 g/mol. The first-order valence-electron chi connectivity index (χ1n) is 10.1. The predicted octanol–water partition coefficient (Wildman–Crippen LogP) is 2.80. The minimum atomic E-state index is -1.83. The number of hydrogen-bond acceptors (Lipinski definition) is 5. The van der Waals surface area contributed by atoms with E-state index in [4.69, 9.17) is 11.6 Å². The monoisotopic (exact) mass is 464 g/mol. The number of fused-ring (bicyclic) bond motifs is 2. The molecule has 0 bridgehead atoms. The molecule has 9 nitrogen and oxygen atoms in total. The zero-order chi connectivity index (χ0) is 23.5. The molecule has 0 fully saturated rings. The van der Waals surface area contributed by atoms with Gasteiger partial charge in [-0.05, 0) is 36.4 Å². The standard InChI is InChI=1S/C23H17ClN4O5/c1-25-17-10-6-9-16(24)19(17)23(22(25)31,26-11-4-5-12-26)18(13-27(32)33)28-20(29)14-7-2-3-8-15(14)21(28)30/h2-12,18H,13H2,1H3/t18-,23-/m1/s1. The van der Waals surface area contributed by atoms with E-state index in [1.807, 2.05) is 0 Å². The number of hydrogen-bond donors (Lipinski definition) is 0. The maximum Gasteiger partial charge on any atom is 0.262 e. The molecule has 2 atom stereocenters. The van der Waals surface area contributed by atoms with Gasteiger partial charge in [0.15, 0.2) is 5.54 Å². The smallest absolute Gasteiger partial charge is 0.262 e. The molecule has 33 heavy (non-hydrogen) atoms. The molecule has 10 heteroatoms. The fraction of sp³-hybridized carbons (Fsp3) is 0.174. The lowest BCUT2D eigenvalue weighted by Gasteiger charge is -2.39. The first kappa shape index (κ1) is 20.9. The second-order valence-corrected chi connectivity index (χ2v) is 8.32. The summed E-state index contributed by atoms with van der Waals surface area (Å²) in [7, 11) is 1.54. The Morgan fingerprint density at radius 3 is 2.15 bits per heavy atom. The molecule has 0 radical (unpaired) electrons. The van der Waals surface area contributed by atoms with Gasteiger partial charge >= 0.3 is 0 Å². The number of nitrogens with zero attached hydrogens (tertiary/aromatic N) is 4. The fourth-order valence-electron chi connectivity index (χ4n) is 4.96. The molecule has 0 saturated carbocycles. The molecule has 5 rings (SSSR count). The van der Waals surface area contributed by atoms with Gasteiger partial charge in [0.25, 0.3) is 17.7 Å². The van der Waals surface area contributed by atoms with E-state index in [1.54, 1.807) is 54.9 Å². The number of nitro groups is 1. The highest BCUT2D eigenvalue weighted by Crippen LogP contribution is 2.50. The van der Waals surface area contributed by atoms with Crippen LogP contribution in [0.1, 0.15) is 26.3 Å². The molecule has 0 unspecified atom stereocenters. The Labute approximate surface area is 192 Å². The molecule has 2 aliphatic rings. The van der Waals surface area contributed by atoms with E-state index in [1.165, 1.54) is 28.6 Å². The van der Waals surface area contributed by atoms with Crippen LogP contribution >= 0.6 is 11.6 Å². The van der Waals surface area contributed by atoms with Crippen LogP contribution in [0, 0.1) is 10.1 Å². The van der Waals surface area contributed by atoms with Crippen molar-refractivity contribution in [1.29, 1.82) is 0 Å². The summed E-state index contributed by atoms with van der Waals surface area (Å²) >= 11 is 6.60. The van der Waals surface area contributed by atoms with Crippen LogP contribution in [0.3, 0.4) is 0 Å². The van der Waals surface area contributed by atoms with E-state index < -0.39 is 40.8 Å². The van der Waals surface area contributed by atoms with Gasteiger partial charge in [0.05, 0.1) is 16.8 Å². The highest BCUT2D eigenvalue weighted by atomic mass is 35.5. The minimum Gasteiger partial charge on any atom is -0.334 e. The Morgan fingerprint density at radius 1 is 0.970 bits per heavy atom. The summed E-state index contributed by atoms with van der Waals surface area (Å²) in [5.41, 5.74) is -0.801. The number of likely N-dealkylation sites (N-methyl/N-ethyl adjacent to an activating group) is 1. The summed E-state index contributed by atoms with van der Waals surface area (Å²) in [5, 5.41) is 12.1. The van der Waals surface area contributed by atoms with Crippen LogP contribution in [0.25, 0.3) is 0 Å². The third-order valence-electron chi connectivity index (χ3n) is 6.32. The molecule has 1 aromatic heterocycles. The van der Waals surface area contributed by atoms with Crippen LogP contribution in [0.5, 0.6) is 0 Å². The number of imide groups is 1. The largest absolute Gasteiger partial charge is 0.334 e. The van der Waals surface area contributed by atoms with Crippen LogP contribution in [-0.4, -0.2) is 51.7 Å². The predicted molar refractivity (Wildman–Crippen MR) is 119 cm³/mol. The lowest BCUT2D eigenvalue weighted by atomic mass is 9.81. The molecule has 3 aromatic rings. The number of carbonyl (C=O) groups excluding carboxylic acids is 3. The van der Waals surface area contributed by atoms with Crippen molar-refractivity contribution in [3.05, 3.63) is 98.8 Å². The fourth-order valence-corrected chi connectivity index (χ4v) is 5.28.